The van der Waals surface area contributed by atoms with Crippen LogP contribution in [0.4, 0.5) is 5.69 Å². The van der Waals surface area contributed by atoms with Crippen LogP contribution < -0.4 is 0 Å². The highest BCUT2D eigenvalue weighted by atomic mass is 32.1. The second-order valence-corrected chi connectivity index (χ2v) is 5.27. The molecular weight excluding hydrogens is 284 g/mol. The Balaban J connectivity index is 2.20. The number of nitro benzene ring substituents is 1. The smallest absolute Gasteiger partial charge is 0.270 e. The van der Waals surface area contributed by atoms with Crippen LogP contribution in [0.5, 0.6) is 0 Å². The number of aryl methyl sites for hydroxylation is 1. The maximum atomic E-state index is 10.8. The molecule has 2 aromatic rings. The number of non-ortho nitro benzene ring substituents is 1. The summed E-state index contributed by atoms with van der Waals surface area (Å²) in [7, 11) is 0. The van der Waals surface area contributed by atoms with E-state index in [1.807, 2.05) is 5.38 Å². The average molecular weight is 294 g/mol. The first-order valence-corrected chi connectivity index (χ1v) is 6.80. The Morgan fingerprint density at radius 3 is 2.95 bits per heavy atom. The van der Waals surface area contributed by atoms with Crippen LogP contribution in [0.15, 0.2) is 29.6 Å². The predicted molar refractivity (Wildman–Crippen MR) is 76.5 cm³/mol. The molecule has 0 spiro atoms. The zero-order chi connectivity index (χ0) is 13.8. The molecule has 0 fully saturated rings. The molecule has 1 heterocycles. The number of rotatable bonds is 5. The molecule has 0 unspecified atom stereocenters. The molecule has 0 aliphatic carbocycles. The number of aromatic nitrogens is 1. The van der Waals surface area contributed by atoms with Crippen molar-refractivity contribution >= 4 is 34.8 Å². The standard InChI is InChI=1S/C12H10N2O3S2/c15-12(18)5-4-11-13-10(7-19-11)8-2-1-3-9(6-8)14(16)17/h1-3,6-7H,4-5H2,(H,15,18). The van der Waals surface area contributed by atoms with Crippen LogP contribution in [0, 0.1) is 10.1 Å². The van der Waals surface area contributed by atoms with E-state index in [0.29, 0.717) is 24.1 Å². The fraction of sp³-hybridized carbons (Fsp3) is 0.167. The molecule has 7 heteroatoms. The lowest BCUT2D eigenvalue weighted by Gasteiger charge is -1.96. The maximum Gasteiger partial charge on any atom is 0.270 e. The normalized spacial score (nSPS) is 10.4. The van der Waals surface area contributed by atoms with Gasteiger partial charge in [-0.3, -0.25) is 14.9 Å². The van der Waals surface area contributed by atoms with Gasteiger partial charge in [-0.2, -0.15) is 0 Å². The van der Waals surface area contributed by atoms with Crippen LogP contribution in [-0.2, 0) is 11.2 Å². The van der Waals surface area contributed by atoms with Gasteiger partial charge in [0.15, 0.2) is 5.12 Å². The lowest BCUT2D eigenvalue weighted by molar-refractivity contribution is -0.384. The largest absolute Gasteiger partial charge is 0.287 e. The van der Waals surface area contributed by atoms with Crippen molar-refractivity contribution in [2.75, 3.05) is 0 Å². The third kappa shape index (κ3) is 3.62. The van der Waals surface area contributed by atoms with E-state index in [1.165, 1.54) is 23.5 Å². The van der Waals surface area contributed by atoms with Crippen LogP contribution in [0.3, 0.4) is 0 Å². The lowest BCUT2D eigenvalue weighted by atomic mass is 10.1. The molecule has 1 aromatic heterocycles. The monoisotopic (exact) mass is 294 g/mol. The number of nitrogens with zero attached hydrogens (tertiary/aromatic N) is 2. The molecule has 2 rings (SSSR count). The number of hydrogen-bond acceptors (Lipinski definition) is 5. The van der Waals surface area contributed by atoms with Crippen LogP contribution >= 0.6 is 24.0 Å². The number of benzene rings is 1. The van der Waals surface area contributed by atoms with Crippen molar-refractivity contribution in [3.8, 4) is 11.3 Å². The molecule has 5 nitrogen and oxygen atoms in total. The van der Waals surface area contributed by atoms with Crippen LogP contribution in [0.25, 0.3) is 11.3 Å². The van der Waals surface area contributed by atoms with Crippen molar-refractivity contribution in [1.82, 2.24) is 4.98 Å². The zero-order valence-corrected chi connectivity index (χ0v) is 11.5. The summed E-state index contributed by atoms with van der Waals surface area (Å²) in [5, 5.41) is 13.2. The van der Waals surface area contributed by atoms with Gasteiger partial charge in [0.05, 0.1) is 15.6 Å². The van der Waals surface area contributed by atoms with Crippen molar-refractivity contribution < 1.29 is 9.72 Å². The lowest BCUT2D eigenvalue weighted by Crippen LogP contribution is -1.91. The van der Waals surface area contributed by atoms with E-state index in [4.69, 9.17) is 0 Å². The Morgan fingerprint density at radius 2 is 2.26 bits per heavy atom. The van der Waals surface area contributed by atoms with E-state index in [1.54, 1.807) is 12.1 Å². The molecule has 19 heavy (non-hydrogen) atoms. The second kappa shape index (κ2) is 5.94. The highest BCUT2D eigenvalue weighted by Gasteiger charge is 2.10. The summed E-state index contributed by atoms with van der Waals surface area (Å²) in [6, 6.07) is 6.33. The first-order chi connectivity index (χ1) is 9.06. The summed E-state index contributed by atoms with van der Waals surface area (Å²) < 4.78 is 0. The summed E-state index contributed by atoms with van der Waals surface area (Å²) >= 11 is 5.14. The predicted octanol–water partition coefficient (Wildman–Crippen LogP) is 3.11. The first-order valence-electron chi connectivity index (χ1n) is 5.47. The van der Waals surface area contributed by atoms with Crippen molar-refractivity contribution in [2.24, 2.45) is 0 Å². The number of hydrogen-bond donors (Lipinski definition) is 1. The zero-order valence-electron chi connectivity index (χ0n) is 9.78. The van der Waals surface area contributed by atoms with E-state index in [9.17, 15) is 14.9 Å². The maximum absolute atomic E-state index is 10.8. The van der Waals surface area contributed by atoms with E-state index < -0.39 is 4.92 Å². The molecule has 0 atom stereocenters. The topological polar surface area (TPSA) is 73.1 Å². The Hall–Kier alpha value is -1.73. The molecule has 0 saturated heterocycles. The van der Waals surface area contributed by atoms with Crippen molar-refractivity contribution in [3.63, 3.8) is 0 Å². The number of carbonyl (C=O) groups is 1. The van der Waals surface area contributed by atoms with Crippen molar-refractivity contribution in [1.29, 1.82) is 0 Å². The van der Waals surface area contributed by atoms with Gasteiger partial charge in [-0.1, -0.05) is 12.1 Å². The van der Waals surface area contributed by atoms with Gasteiger partial charge in [0.2, 0.25) is 0 Å². The summed E-state index contributed by atoms with van der Waals surface area (Å²) in [5.41, 5.74) is 1.43. The number of carbonyl (C=O) groups excluding carboxylic acids is 1. The first kappa shape index (κ1) is 13.7. The summed E-state index contributed by atoms with van der Waals surface area (Å²) in [6.07, 6.45) is 0.882. The van der Waals surface area contributed by atoms with Gasteiger partial charge in [0.25, 0.3) is 5.69 Å². The van der Waals surface area contributed by atoms with E-state index in [-0.39, 0.29) is 10.8 Å². The summed E-state index contributed by atoms with van der Waals surface area (Å²) in [4.78, 5) is 25.4. The molecule has 0 radical (unpaired) electrons. The highest BCUT2D eigenvalue weighted by molar-refractivity contribution is 7.96. The molecule has 0 bridgehead atoms. The van der Waals surface area contributed by atoms with E-state index in [2.05, 4.69) is 17.6 Å². The molecule has 98 valence electrons. The Morgan fingerprint density at radius 1 is 1.47 bits per heavy atom. The van der Waals surface area contributed by atoms with Crippen LogP contribution in [-0.4, -0.2) is 15.0 Å². The average Bonchev–Trinajstić information content (AvgIpc) is 2.85. The number of nitro groups is 1. The Kier molecular flexibility index (Phi) is 4.28. The van der Waals surface area contributed by atoms with Crippen molar-refractivity contribution in [2.45, 2.75) is 12.8 Å². The summed E-state index contributed by atoms with van der Waals surface area (Å²) in [5.74, 6) is 0. The van der Waals surface area contributed by atoms with Gasteiger partial charge in [0, 0.05) is 35.9 Å². The van der Waals surface area contributed by atoms with Gasteiger partial charge in [0.1, 0.15) is 0 Å². The highest BCUT2D eigenvalue weighted by Crippen LogP contribution is 2.25. The summed E-state index contributed by atoms with van der Waals surface area (Å²) in [6.45, 7) is 0. The van der Waals surface area contributed by atoms with Gasteiger partial charge in [-0.25, -0.2) is 4.98 Å². The number of thiol groups is 1. The second-order valence-electron chi connectivity index (χ2n) is 3.83. The minimum atomic E-state index is -0.434. The van der Waals surface area contributed by atoms with Gasteiger partial charge < -0.3 is 0 Å². The minimum absolute atomic E-state index is 0.0394. The molecule has 0 amide bonds. The fourth-order valence-electron chi connectivity index (χ4n) is 1.55. The van der Waals surface area contributed by atoms with E-state index >= 15 is 0 Å². The van der Waals surface area contributed by atoms with Gasteiger partial charge >= 0.3 is 0 Å². The van der Waals surface area contributed by atoms with Gasteiger partial charge in [-0.05, 0) is 0 Å². The Bertz CT molecular complexity index is 625. The molecule has 0 N–H and O–H groups in total. The SMILES string of the molecule is O=C(S)CCc1nc(-c2cccc([N+](=O)[O-])c2)cs1. The molecule has 1 aromatic carbocycles. The third-order valence-corrected chi connectivity index (χ3v) is 3.59. The molecular formula is C12H10N2O3S2. The third-order valence-electron chi connectivity index (χ3n) is 2.46. The number of thiazole rings is 1. The van der Waals surface area contributed by atoms with Gasteiger partial charge in [-0.15, -0.1) is 24.0 Å². The molecule has 0 aliphatic rings. The van der Waals surface area contributed by atoms with Crippen molar-refractivity contribution in [3.05, 3.63) is 44.8 Å². The fourth-order valence-corrected chi connectivity index (χ4v) is 2.47. The van der Waals surface area contributed by atoms with Crippen LogP contribution in [0.2, 0.25) is 0 Å². The molecule has 0 aliphatic heterocycles. The molecule has 0 saturated carbocycles. The minimum Gasteiger partial charge on any atom is -0.287 e. The van der Waals surface area contributed by atoms with Crippen LogP contribution in [0.1, 0.15) is 11.4 Å². The Labute approximate surface area is 118 Å². The van der Waals surface area contributed by atoms with E-state index in [0.717, 1.165) is 5.01 Å². The quantitative estimate of drug-likeness (QED) is 0.522.